The van der Waals surface area contributed by atoms with Crippen LogP contribution in [0.4, 0.5) is 45.6 Å². The van der Waals surface area contributed by atoms with E-state index in [1.807, 2.05) is 0 Å². The van der Waals surface area contributed by atoms with Crippen molar-refractivity contribution in [3.8, 4) is 11.5 Å². The third-order valence-electron chi connectivity index (χ3n) is 6.46. The summed E-state index contributed by atoms with van der Waals surface area (Å²) in [7, 11) is -5.18. The van der Waals surface area contributed by atoms with Gasteiger partial charge in [0.05, 0.1) is 24.4 Å². The van der Waals surface area contributed by atoms with Crippen molar-refractivity contribution in [3.63, 3.8) is 0 Å². The molecule has 0 bridgehead atoms. The van der Waals surface area contributed by atoms with Gasteiger partial charge >= 0.3 is 22.4 Å². The highest BCUT2D eigenvalue weighted by Gasteiger charge is 2.37. The molecule has 0 aliphatic carbocycles. The molecule has 0 N–H and O–H groups in total. The summed E-state index contributed by atoms with van der Waals surface area (Å²) in [5.41, 5.74) is -0.545. The lowest BCUT2D eigenvalue weighted by atomic mass is 9.85. The van der Waals surface area contributed by atoms with E-state index in [0.717, 1.165) is 29.2 Å². The van der Waals surface area contributed by atoms with Crippen LogP contribution in [0.25, 0.3) is 0 Å². The Morgan fingerprint density at radius 1 is 0.829 bits per heavy atom. The second kappa shape index (κ2) is 10.1. The zero-order valence-electron chi connectivity index (χ0n) is 20.2. The van der Waals surface area contributed by atoms with E-state index in [1.165, 1.54) is 12.1 Å². The van der Waals surface area contributed by atoms with Gasteiger partial charge in [-0.25, -0.2) is 18.0 Å². The molecule has 1 amide bonds. The van der Waals surface area contributed by atoms with Crippen molar-refractivity contribution >= 4 is 21.9 Å². The Kier molecular flexibility index (Phi) is 6.99. The Morgan fingerprint density at radius 3 is 2.07 bits per heavy atom. The van der Waals surface area contributed by atoms with Crippen molar-refractivity contribution in [1.82, 2.24) is 0 Å². The molecule has 3 aromatic rings. The number of amides is 1. The van der Waals surface area contributed by atoms with Gasteiger partial charge in [-0.1, -0.05) is 12.1 Å². The first-order valence-corrected chi connectivity index (χ1v) is 13.0. The maximum absolute atomic E-state index is 14.0. The molecule has 7 nitrogen and oxygen atoms in total. The van der Waals surface area contributed by atoms with Crippen molar-refractivity contribution in [3.05, 3.63) is 82.2 Å². The third kappa shape index (κ3) is 5.00. The van der Waals surface area contributed by atoms with Crippen molar-refractivity contribution < 1.29 is 62.0 Å². The SMILES string of the molecule is O=C1OCCN1c1cc(C(F)(F)F)ccc1[C@@H]1CCOc2cc(S(=O)(=O)Oc3c(F)c(F)c(F)c(F)c3F)ccc21. The summed E-state index contributed by atoms with van der Waals surface area (Å²) in [4.78, 5) is 12.5. The number of hydrogen-bond donors (Lipinski definition) is 0. The molecule has 16 heteroatoms. The van der Waals surface area contributed by atoms with Gasteiger partial charge in [0.25, 0.3) is 0 Å². The van der Waals surface area contributed by atoms with Gasteiger partial charge in [-0.15, -0.1) is 0 Å². The average molecular weight is 609 g/mol. The maximum Gasteiger partial charge on any atom is 0.416 e. The quantitative estimate of drug-likeness (QED) is 0.152. The van der Waals surface area contributed by atoms with Crippen LogP contribution in [0, 0.1) is 29.1 Å². The van der Waals surface area contributed by atoms with E-state index in [1.54, 1.807) is 0 Å². The molecule has 0 aromatic heterocycles. The zero-order chi connectivity index (χ0) is 29.9. The number of benzene rings is 3. The van der Waals surface area contributed by atoms with Crippen molar-refractivity contribution in [2.24, 2.45) is 0 Å². The summed E-state index contributed by atoms with van der Waals surface area (Å²) in [6.45, 7) is -0.136. The summed E-state index contributed by atoms with van der Waals surface area (Å²) < 4.78 is 149. The lowest BCUT2D eigenvalue weighted by Gasteiger charge is -2.30. The Bertz CT molecular complexity index is 1650. The minimum absolute atomic E-state index is 0.0184. The predicted octanol–water partition coefficient (Wildman–Crippen LogP) is 6.04. The number of alkyl halides is 3. The lowest BCUT2D eigenvalue weighted by molar-refractivity contribution is -0.137. The topological polar surface area (TPSA) is 82.1 Å². The molecule has 1 fully saturated rings. The standard InChI is InChI=1S/C25H15F8NO6S/c26-18-19(27)21(29)23(22(30)20(18)28)40-41(36,37)12-2-4-15-13(5-7-38-17(15)10-12)14-3-1-11(25(31,32)33)9-16(14)34-6-8-39-24(34)35/h1-4,9-10,13H,5-8H2/t13-/m0/s1. The van der Waals surface area contributed by atoms with Crippen LogP contribution < -0.4 is 13.8 Å². The smallest absolute Gasteiger partial charge is 0.416 e. The number of carbonyl (C=O) groups is 1. The third-order valence-corrected chi connectivity index (χ3v) is 7.68. The summed E-state index contributed by atoms with van der Waals surface area (Å²) >= 11 is 0. The number of fused-ring (bicyclic) bond motifs is 1. The van der Waals surface area contributed by atoms with E-state index >= 15 is 0 Å². The molecule has 1 atom stereocenters. The van der Waals surface area contributed by atoms with E-state index in [2.05, 4.69) is 4.18 Å². The molecule has 41 heavy (non-hydrogen) atoms. The molecule has 2 aliphatic rings. The molecule has 3 aromatic carbocycles. The van der Waals surface area contributed by atoms with Gasteiger partial charge in [0.1, 0.15) is 17.3 Å². The molecule has 0 spiro atoms. The van der Waals surface area contributed by atoms with Crippen molar-refractivity contribution in [1.29, 1.82) is 0 Å². The van der Waals surface area contributed by atoms with Crippen LogP contribution in [0.1, 0.15) is 29.0 Å². The van der Waals surface area contributed by atoms with E-state index < -0.39 is 73.6 Å². The van der Waals surface area contributed by atoms with Gasteiger partial charge in [-0.2, -0.15) is 30.4 Å². The lowest BCUT2D eigenvalue weighted by Crippen LogP contribution is -2.27. The fraction of sp³-hybridized carbons (Fsp3) is 0.240. The van der Waals surface area contributed by atoms with Crippen molar-refractivity contribution in [2.75, 3.05) is 24.7 Å². The van der Waals surface area contributed by atoms with E-state index in [-0.39, 0.29) is 48.7 Å². The molecular formula is C25H15F8NO6S. The van der Waals surface area contributed by atoms with Crippen LogP contribution in [-0.2, 0) is 21.0 Å². The number of rotatable bonds is 5. The normalized spacial score (nSPS) is 17.2. The number of carbonyl (C=O) groups excluding carboxylic acids is 1. The van der Waals surface area contributed by atoms with Crippen LogP contribution in [-0.4, -0.2) is 34.3 Å². The largest absolute Gasteiger partial charge is 0.493 e. The van der Waals surface area contributed by atoms with E-state index in [4.69, 9.17) is 9.47 Å². The second-order valence-electron chi connectivity index (χ2n) is 8.86. The monoisotopic (exact) mass is 609 g/mol. The fourth-order valence-electron chi connectivity index (χ4n) is 4.52. The Morgan fingerprint density at radius 2 is 1.46 bits per heavy atom. The molecule has 0 saturated carbocycles. The first-order valence-electron chi connectivity index (χ1n) is 11.6. The van der Waals surface area contributed by atoms with Crippen LogP contribution in [0.15, 0.2) is 41.3 Å². The van der Waals surface area contributed by atoms with Gasteiger partial charge in [-0.3, -0.25) is 4.90 Å². The molecule has 0 radical (unpaired) electrons. The van der Waals surface area contributed by atoms with E-state index in [9.17, 15) is 48.3 Å². The highest BCUT2D eigenvalue weighted by molar-refractivity contribution is 7.87. The summed E-state index contributed by atoms with van der Waals surface area (Å²) in [6, 6.07) is 5.77. The van der Waals surface area contributed by atoms with Gasteiger partial charge in [0.15, 0.2) is 0 Å². The minimum Gasteiger partial charge on any atom is -0.493 e. The summed E-state index contributed by atoms with van der Waals surface area (Å²) in [6.07, 6.45) is -5.38. The van der Waals surface area contributed by atoms with E-state index in [0.29, 0.717) is 0 Å². The Hall–Kier alpha value is -4.08. The highest BCUT2D eigenvalue weighted by atomic mass is 32.2. The number of anilines is 1. The number of nitrogens with zero attached hydrogens (tertiary/aromatic N) is 1. The van der Waals surface area contributed by atoms with Gasteiger partial charge in [0.2, 0.25) is 34.8 Å². The predicted molar refractivity (Wildman–Crippen MR) is 123 cm³/mol. The molecule has 2 aliphatic heterocycles. The number of cyclic esters (lactones) is 1. The van der Waals surface area contributed by atoms with Crippen LogP contribution in [0.3, 0.4) is 0 Å². The molecule has 218 valence electrons. The molecule has 1 saturated heterocycles. The molecular weight excluding hydrogens is 594 g/mol. The van der Waals surface area contributed by atoms with Crippen LogP contribution >= 0.6 is 0 Å². The fourth-order valence-corrected chi connectivity index (χ4v) is 5.47. The molecule has 2 heterocycles. The second-order valence-corrected chi connectivity index (χ2v) is 10.4. The summed E-state index contributed by atoms with van der Waals surface area (Å²) in [5, 5.41) is 0. The van der Waals surface area contributed by atoms with Crippen molar-refractivity contribution in [2.45, 2.75) is 23.4 Å². The number of halogens is 8. The Balaban J connectivity index is 1.54. The number of ether oxygens (including phenoxy) is 2. The van der Waals surface area contributed by atoms with Crippen LogP contribution in [0.2, 0.25) is 0 Å². The van der Waals surface area contributed by atoms with Gasteiger partial charge in [0, 0.05) is 17.5 Å². The average Bonchev–Trinajstić information content (AvgIpc) is 3.37. The first-order chi connectivity index (χ1) is 19.2. The van der Waals surface area contributed by atoms with Crippen LogP contribution in [0.5, 0.6) is 11.5 Å². The first kappa shape index (κ1) is 28.4. The molecule has 5 rings (SSSR count). The number of hydrogen-bond acceptors (Lipinski definition) is 6. The van der Waals surface area contributed by atoms with Gasteiger partial charge in [-0.05, 0) is 30.2 Å². The highest BCUT2D eigenvalue weighted by Crippen LogP contribution is 2.45. The summed E-state index contributed by atoms with van der Waals surface area (Å²) in [5.74, 6) is -15.2. The maximum atomic E-state index is 14.0. The molecule has 0 unspecified atom stereocenters. The minimum atomic E-state index is -5.18. The van der Waals surface area contributed by atoms with Gasteiger partial charge < -0.3 is 13.7 Å². The zero-order valence-corrected chi connectivity index (χ0v) is 21.0. The Labute approximate surface area is 226 Å².